The summed E-state index contributed by atoms with van der Waals surface area (Å²) < 4.78 is 1.63. The van der Waals surface area contributed by atoms with E-state index in [1.807, 2.05) is 4.98 Å². The van der Waals surface area contributed by atoms with Gasteiger partial charge in [0.2, 0.25) is 5.88 Å². The minimum atomic E-state index is -0.944. The van der Waals surface area contributed by atoms with Crippen LogP contribution in [0.1, 0.15) is 10.4 Å². The van der Waals surface area contributed by atoms with Gasteiger partial charge in [0.1, 0.15) is 0 Å². The van der Waals surface area contributed by atoms with Crippen molar-refractivity contribution in [1.82, 2.24) is 14.9 Å². The molecular formula is C12H10BrN3O4. The first-order chi connectivity index (χ1) is 9.45. The van der Waals surface area contributed by atoms with Gasteiger partial charge in [0.25, 0.3) is 11.5 Å². The number of amides is 1. The topological polar surface area (TPSA) is 104 Å². The third kappa shape index (κ3) is 2.37. The van der Waals surface area contributed by atoms with Gasteiger partial charge in [0.05, 0.1) is 5.69 Å². The summed E-state index contributed by atoms with van der Waals surface area (Å²) in [6.07, 6.45) is 0. The van der Waals surface area contributed by atoms with E-state index in [-0.39, 0.29) is 0 Å². The molecule has 0 saturated heterocycles. The fourth-order valence-corrected chi connectivity index (χ4v) is 1.95. The lowest BCUT2D eigenvalue weighted by molar-refractivity contribution is 0.0957. The highest BCUT2D eigenvalue weighted by molar-refractivity contribution is 9.10. The average Bonchev–Trinajstić information content (AvgIpc) is 2.40. The van der Waals surface area contributed by atoms with E-state index in [4.69, 9.17) is 0 Å². The lowest BCUT2D eigenvalue weighted by atomic mass is 10.2. The molecule has 2 aromatic rings. The molecule has 0 unspecified atom stereocenters. The predicted molar refractivity (Wildman–Crippen MR) is 75.4 cm³/mol. The number of H-pyrrole nitrogens is 1. The quantitative estimate of drug-likeness (QED) is 0.734. The number of aromatic amines is 1. The van der Waals surface area contributed by atoms with Crippen molar-refractivity contribution in [2.24, 2.45) is 0 Å². The highest BCUT2D eigenvalue weighted by Gasteiger charge is 2.20. The molecule has 20 heavy (non-hydrogen) atoms. The lowest BCUT2D eigenvalue weighted by Gasteiger charge is -2.10. The summed E-state index contributed by atoms with van der Waals surface area (Å²) in [5.74, 6) is -1.49. The molecule has 104 valence electrons. The summed E-state index contributed by atoms with van der Waals surface area (Å²) in [6.45, 7) is 0. The van der Waals surface area contributed by atoms with Gasteiger partial charge in [-0.05, 0) is 24.3 Å². The Morgan fingerprint density at radius 2 is 1.90 bits per heavy atom. The third-order valence-electron chi connectivity index (χ3n) is 2.62. The smallest absolute Gasteiger partial charge is 0.335 e. The van der Waals surface area contributed by atoms with Crippen LogP contribution in [0.3, 0.4) is 0 Å². The van der Waals surface area contributed by atoms with Crippen molar-refractivity contribution in [3.8, 4) is 11.6 Å². The Kier molecular flexibility index (Phi) is 3.75. The Bertz CT molecular complexity index is 777. The molecule has 7 nitrogen and oxygen atoms in total. The molecule has 0 bridgehead atoms. The van der Waals surface area contributed by atoms with Crippen LogP contribution in [0, 0.1) is 0 Å². The molecule has 3 N–H and O–H groups in total. The van der Waals surface area contributed by atoms with E-state index in [2.05, 4.69) is 21.2 Å². The molecule has 0 fully saturated rings. The van der Waals surface area contributed by atoms with E-state index < -0.39 is 28.6 Å². The second-order valence-corrected chi connectivity index (χ2v) is 4.76. The number of nitrogens with zero attached hydrogens (tertiary/aromatic N) is 1. The van der Waals surface area contributed by atoms with E-state index >= 15 is 0 Å². The molecule has 1 heterocycles. The standard InChI is InChI=1S/C12H10BrN3O4/c1-14-9(17)8-10(18)15-12(20)16(11(8)19)7-4-2-6(13)3-5-7/h2-5,19H,1H3,(H,14,17)(H,15,18,20). The Balaban J connectivity index is 2.77. The van der Waals surface area contributed by atoms with Gasteiger partial charge >= 0.3 is 5.69 Å². The van der Waals surface area contributed by atoms with Crippen molar-refractivity contribution in [2.45, 2.75) is 0 Å². The second-order valence-electron chi connectivity index (χ2n) is 3.85. The van der Waals surface area contributed by atoms with Crippen LogP contribution in [0.5, 0.6) is 5.88 Å². The number of hydrogen-bond donors (Lipinski definition) is 3. The van der Waals surface area contributed by atoms with Crippen LogP contribution in [0.2, 0.25) is 0 Å². The number of rotatable bonds is 2. The number of nitrogens with one attached hydrogen (secondary N) is 2. The fraction of sp³-hybridized carbons (Fsp3) is 0.0833. The van der Waals surface area contributed by atoms with Crippen LogP contribution in [0.25, 0.3) is 5.69 Å². The molecule has 8 heteroatoms. The van der Waals surface area contributed by atoms with Gasteiger partial charge in [-0.3, -0.25) is 14.6 Å². The molecule has 1 aromatic heterocycles. The summed E-state index contributed by atoms with van der Waals surface area (Å²) >= 11 is 3.24. The van der Waals surface area contributed by atoms with E-state index in [9.17, 15) is 19.5 Å². The maximum Gasteiger partial charge on any atom is 0.335 e. The minimum absolute atomic E-state index is 0.317. The van der Waals surface area contributed by atoms with E-state index in [0.717, 1.165) is 9.04 Å². The number of benzene rings is 1. The average molecular weight is 340 g/mol. The summed E-state index contributed by atoms with van der Waals surface area (Å²) in [4.78, 5) is 37.0. The second kappa shape index (κ2) is 5.33. The molecule has 0 aliphatic heterocycles. The zero-order valence-corrected chi connectivity index (χ0v) is 11.9. The van der Waals surface area contributed by atoms with Gasteiger partial charge in [-0.2, -0.15) is 0 Å². The summed E-state index contributed by atoms with van der Waals surface area (Å²) in [7, 11) is 1.32. The Labute approximate surface area is 121 Å². The van der Waals surface area contributed by atoms with Gasteiger partial charge in [-0.1, -0.05) is 15.9 Å². The van der Waals surface area contributed by atoms with Crippen LogP contribution >= 0.6 is 15.9 Å². The van der Waals surface area contributed by atoms with Crippen LogP contribution in [-0.2, 0) is 0 Å². The number of carbonyl (C=O) groups excluding carboxylic acids is 1. The van der Waals surface area contributed by atoms with Gasteiger partial charge in [-0.15, -0.1) is 0 Å². The molecule has 0 aliphatic rings. The maximum atomic E-state index is 11.8. The summed E-state index contributed by atoms with van der Waals surface area (Å²) in [5, 5.41) is 12.3. The van der Waals surface area contributed by atoms with Crippen LogP contribution in [0.15, 0.2) is 38.3 Å². The predicted octanol–water partition coefficient (Wildman–Crippen LogP) is 0.353. The molecule has 0 radical (unpaired) electrons. The van der Waals surface area contributed by atoms with Crippen LogP contribution < -0.4 is 16.6 Å². The van der Waals surface area contributed by atoms with Crippen LogP contribution in [0.4, 0.5) is 0 Å². The third-order valence-corrected chi connectivity index (χ3v) is 3.15. The monoisotopic (exact) mass is 339 g/mol. The first-order valence-electron chi connectivity index (χ1n) is 5.52. The number of hydrogen-bond acceptors (Lipinski definition) is 4. The Morgan fingerprint density at radius 1 is 1.30 bits per heavy atom. The maximum absolute atomic E-state index is 11.8. The van der Waals surface area contributed by atoms with Crippen molar-refractivity contribution < 1.29 is 9.90 Å². The zero-order valence-electron chi connectivity index (χ0n) is 10.3. The van der Waals surface area contributed by atoms with Gasteiger partial charge < -0.3 is 10.4 Å². The van der Waals surface area contributed by atoms with Crippen molar-refractivity contribution >= 4 is 21.8 Å². The number of aromatic nitrogens is 2. The number of aromatic hydroxyl groups is 1. The van der Waals surface area contributed by atoms with Gasteiger partial charge in [-0.25, -0.2) is 9.36 Å². The van der Waals surface area contributed by atoms with Crippen molar-refractivity contribution in [2.75, 3.05) is 7.05 Å². The lowest BCUT2D eigenvalue weighted by Crippen LogP contribution is -2.35. The molecule has 1 amide bonds. The normalized spacial score (nSPS) is 10.3. The molecule has 0 aliphatic carbocycles. The highest BCUT2D eigenvalue weighted by Crippen LogP contribution is 2.18. The largest absolute Gasteiger partial charge is 0.493 e. The summed E-state index contributed by atoms with van der Waals surface area (Å²) in [6, 6.07) is 6.42. The van der Waals surface area contributed by atoms with Gasteiger partial charge in [0.15, 0.2) is 5.56 Å². The summed E-state index contributed by atoms with van der Waals surface area (Å²) in [5.41, 5.74) is -1.98. The molecular weight excluding hydrogens is 330 g/mol. The van der Waals surface area contributed by atoms with Crippen molar-refractivity contribution in [3.05, 3.63) is 55.1 Å². The minimum Gasteiger partial charge on any atom is -0.493 e. The van der Waals surface area contributed by atoms with Gasteiger partial charge in [0, 0.05) is 11.5 Å². The van der Waals surface area contributed by atoms with Crippen molar-refractivity contribution in [1.29, 1.82) is 0 Å². The first-order valence-corrected chi connectivity index (χ1v) is 6.31. The Morgan fingerprint density at radius 3 is 2.45 bits per heavy atom. The SMILES string of the molecule is CNC(=O)c1c(O)n(-c2ccc(Br)cc2)c(=O)[nH]c1=O. The van der Waals surface area contributed by atoms with Crippen molar-refractivity contribution in [3.63, 3.8) is 0 Å². The van der Waals surface area contributed by atoms with E-state index in [1.165, 1.54) is 7.05 Å². The highest BCUT2D eigenvalue weighted by atomic mass is 79.9. The number of carbonyl (C=O) groups is 1. The first kappa shape index (κ1) is 14.1. The van der Waals surface area contributed by atoms with E-state index in [1.54, 1.807) is 24.3 Å². The zero-order chi connectivity index (χ0) is 14.9. The molecule has 0 saturated carbocycles. The molecule has 1 aromatic carbocycles. The Hall–Kier alpha value is -2.35. The molecule has 2 rings (SSSR count). The fourth-order valence-electron chi connectivity index (χ4n) is 1.68. The molecule has 0 atom stereocenters. The van der Waals surface area contributed by atoms with E-state index in [0.29, 0.717) is 5.69 Å². The molecule has 0 spiro atoms. The van der Waals surface area contributed by atoms with Crippen LogP contribution in [-0.4, -0.2) is 27.6 Å². The number of halogens is 1.